The highest BCUT2D eigenvalue weighted by molar-refractivity contribution is 5.39. The summed E-state index contributed by atoms with van der Waals surface area (Å²) in [4.78, 5) is 6.82. The minimum absolute atomic E-state index is 0.560. The van der Waals surface area contributed by atoms with Gasteiger partial charge >= 0.3 is 0 Å². The number of hydrogen-bond donors (Lipinski definition) is 0. The molecule has 2 aliphatic heterocycles. The van der Waals surface area contributed by atoms with Crippen molar-refractivity contribution in [1.29, 1.82) is 0 Å². The van der Waals surface area contributed by atoms with Crippen molar-refractivity contribution in [2.45, 2.75) is 57.5 Å². The fourth-order valence-corrected chi connectivity index (χ4v) is 4.37. The highest BCUT2D eigenvalue weighted by Crippen LogP contribution is 2.29. The molecule has 3 aromatic heterocycles. The zero-order valence-corrected chi connectivity index (χ0v) is 15.1. The first kappa shape index (κ1) is 15.9. The zero-order valence-electron chi connectivity index (χ0n) is 15.1. The van der Waals surface area contributed by atoms with E-state index >= 15 is 0 Å². The second kappa shape index (κ2) is 6.79. The summed E-state index contributed by atoms with van der Waals surface area (Å²) in [7, 11) is 0. The van der Waals surface area contributed by atoms with E-state index in [4.69, 9.17) is 0 Å². The van der Waals surface area contributed by atoms with E-state index in [0.29, 0.717) is 5.92 Å². The third kappa shape index (κ3) is 3.00. The molecule has 0 amide bonds. The molecule has 0 aromatic carbocycles. The lowest BCUT2D eigenvalue weighted by atomic mass is 9.95. The zero-order chi connectivity index (χ0) is 17.3. The first-order chi connectivity index (χ1) is 12.9. The van der Waals surface area contributed by atoms with Gasteiger partial charge in [-0.1, -0.05) is 6.42 Å². The minimum atomic E-state index is 0.560. The van der Waals surface area contributed by atoms with Crippen LogP contribution in [0.25, 0.3) is 5.65 Å². The van der Waals surface area contributed by atoms with Crippen molar-refractivity contribution in [1.82, 2.24) is 34.3 Å². The summed E-state index contributed by atoms with van der Waals surface area (Å²) < 4.78 is 4.24. The number of aryl methyl sites for hydroxylation is 1. The molecule has 5 rings (SSSR count). The van der Waals surface area contributed by atoms with Gasteiger partial charge in [-0.2, -0.15) is 5.10 Å². The molecular formula is C19H25N7. The Labute approximate surface area is 153 Å². The molecule has 0 bridgehead atoms. The number of rotatable bonds is 3. The number of pyridine rings is 1. The number of piperidine rings is 1. The maximum absolute atomic E-state index is 4.58. The van der Waals surface area contributed by atoms with Gasteiger partial charge in [-0.25, -0.2) is 9.50 Å². The van der Waals surface area contributed by atoms with E-state index in [9.17, 15) is 0 Å². The van der Waals surface area contributed by atoms with E-state index in [1.807, 2.05) is 10.7 Å². The van der Waals surface area contributed by atoms with Gasteiger partial charge in [0.05, 0.1) is 0 Å². The van der Waals surface area contributed by atoms with Gasteiger partial charge in [0.15, 0.2) is 5.65 Å². The third-order valence-corrected chi connectivity index (χ3v) is 5.84. The molecule has 3 aromatic rings. The van der Waals surface area contributed by atoms with Gasteiger partial charge < -0.3 is 4.57 Å². The molecular weight excluding hydrogens is 326 g/mol. The van der Waals surface area contributed by atoms with Crippen LogP contribution < -0.4 is 0 Å². The molecule has 0 radical (unpaired) electrons. The molecule has 7 nitrogen and oxygen atoms in total. The van der Waals surface area contributed by atoms with Gasteiger partial charge in [0.25, 0.3) is 0 Å². The van der Waals surface area contributed by atoms with Crippen LogP contribution >= 0.6 is 0 Å². The van der Waals surface area contributed by atoms with Crippen LogP contribution in [0.2, 0.25) is 0 Å². The van der Waals surface area contributed by atoms with E-state index in [0.717, 1.165) is 38.2 Å². The van der Waals surface area contributed by atoms with Gasteiger partial charge in [0.1, 0.15) is 18.0 Å². The molecule has 2 aliphatic rings. The summed E-state index contributed by atoms with van der Waals surface area (Å²) in [5, 5.41) is 13.2. The Morgan fingerprint density at radius 2 is 1.96 bits per heavy atom. The predicted octanol–water partition coefficient (Wildman–Crippen LogP) is 2.43. The van der Waals surface area contributed by atoms with E-state index in [-0.39, 0.29) is 0 Å². The summed E-state index contributed by atoms with van der Waals surface area (Å²) in [6.45, 7) is 4.32. The molecule has 26 heavy (non-hydrogen) atoms. The van der Waals surface area contributed by atoms with Crippen LogP contribution in [-0.4, -0.2) is 47.4 Å². The maximum atomic E-state index is 4.58. The Kier molecular flexibility index (Phi) is 4.16. The first-order valence-corrected chi connectivity index (χ1v) is 9.79. The van der Waals surface area contributed by atoms with Crippen LogP contribution in [0.15, 0.2) is 24.7 Å². The predicted molar refractivity (Wildman–Crippen MR) is 97.8 cm³/mol. The Balaban J connectivity index is 1.24. The van der Waals surface area contributed by atoms with Crippen molar-refractivity contribution in [3.05, 3.63) is 41.9 Å². The molecule has 0 N–H and O–H groups in total. The van der Waals surface area contributed by atoms with Gasteiger partial charge in [0.2, 0.25) is 0 Å². The summed E-state index contributed by atoms with van der Waals surface area (Å²) in [6, 6.07) is 4.28. The van der Waals surface area contributed by atoms with Crippen LogP contribution in [0.1, 0.15) is 55.2 Å². The monoisotopic (exact) mass is 351 g/mol. The molecule has 0 saturated carbocycles. The van der Waals surface area contributed by atoms with E-state index in [2.05, 4.69) is 41.9 Å². The Morgan fingerprint density at radius 3 is 2.88 bits per heavy atom. The standard InChI is InChI=1S/C19H25N7/c1-2-4-17-22-23-19(25(17)8-3-1)16-6-9-24(10-7-16)13-15-5-11-26-18(12-15)20-14-21-26/h5,11-12,14,16H,1-4,6-10,13H2. The van der Waals surface area contributed by atoms with Crippen molar-refractivity contribution >= 4 is 5.65 Å². The summed E-state index contributed by atoms with van der Waals surface area (Å²) >= 11 is 0. The number of fused-ring (bicyclic) bond motifs is 2. The summed E-state index contributed by atoms with van der Waals surface area (Å²) in [5.74, 6) is 3.01. The minimum Gasteiger partial charge on any atom is -0.315 e. The lowest BCUT2D eigenvalue weighted by Crippen LogP contribution is -2.33. The van der Waals surface area contributed by atoms with E-state index < -0.39 is 0 Å². The molecule has 136 valence electrons. The lowest BCUT2D eigenvalue weighted by Gasteiger charge is -2.31. The smallest absolute Gasteiger partial charge is 0.155 e. The average Bonchev–Trinajstić information content (AvgIpc) is 3.23. The van der Waals surface area contributed by atoms with Crippen LogP contribution in [0, 0.1) is 0 Å². The fourth-order valence-electron chi connectivity index (χ4n) is 4.37. The molecule has 0 atom stereocenters. The maximum Gasteiger partial charge on any atom is 0.155 e. The Morgan fingerprint density at radius 1 is 1.04 bits per heavy atom. The van der Waals surface area contributed by atoms with Gasteiger partial charge in [0, 0.05) is 31.6 Å². The highest BCUT2D eigenvalue weighted by Gasteiger charge is 2.26. The van der Waals surface area contributed by atoms with Gasteiger partial charge in [-0.15, -0.1) is 10.2 Å². The molecule has 0 unspecified atom stereocenters. The van der Waals surface area contributed by atoms with Crippen LogP contribution in [0.4, 0.5) is 0 Å². The largest absolute Gasteiger partial charge is 0.315 e. The van der Waals surface area contributed by atoms with Crippen molar-refractivity contribution in [3.8, 4) is 0 Å². The second-order valence-corrected chi connectivity index (χ2v) is 7.58. The quantitative estimate of drug-likeness (QED) is 0.725. The lowest BCUT2D eigenvalue weighted by molar-refractivity contribution is 0.200. The second-order valence-electron chi connectivity index (χ2n) is 7.58. The van der Waals surface area contributed by atoms with E-state index in [1.54, 1.807) is 6.33 Å². The molecule has 0 aliphatic carbocycles. The van der Waals surface area contributed by atoms with Gasteiger partial charge in [-0.05, 0) is 56.5 Å². The molecule has 0 spiro atoms. The van der Waals surface area contributed by atoms with Gasteiger partial charge in [-0.3, -0.25) is 4.90 Å². The van der Waals surface area contributed by atoms with Crippen LogP contribution in [0.5, 0.6) is 0 Å². The third-order valence-electron chi connectivity index (χ3n) is 5.84. The highest BCUT2D eigenvalue weighted by atomic mass is 15.3. The SMILES string of the molecule is c1nc2cc(CN3CCC(c4nnc5n4CCCCC5)CC3)ccn2n1. The summed E-state index contributed by atoms with van der Waals surface area (Å²) in [6.07, 6.45) is 10.9. The molecule has 7 heteroatoms. The van der Waals surface area contributed by atoms with Crippen molar-refractivity contribution in [2.24, 2.45) is 0 Å². The van der Waals surface area contributed by atoms with E-state index in [1.165, 1.54) is 49.3 Å². The normalized spacial score (nSPS) is 19.5. The van der Waals surface area contributed by atoms with Crippen LogP contribution in [-0.2, 0) is 19.5 Å². The fraction of sp³-hybridized carbons (Fsp3) is 0.579. The number of hydrogen-bond acceptors (Lipinski definition) is 5. The Hall–Kier alpha value is -2.28. The number of likely N-dealkylation sites (tertiary alicyclic amines) is 1. The molecule has 1 saturated heterocycles. The molecule has 1 fully saturated rings. The van der Waals surface area contributed by atoms with Crippen LogP contribution in [0.3, 0.4) is 0 Å². The topological polar surface area (TPSA) is 64.1 Å². The van der Waals surface area contributed by atoms with Crippen molar-refractivity contribution in [2.75, 3.05) is 13.1 Å². The molecule has 5 heterocycles. The average molecular weight is 351 g/mol. The first-order valence-electron chi connectivity index (χ1n) is 9.79. The number of aromatic nitrogens is 6. The Bertz CT molecular complexity index is 888. The van der Waals surface area contributed by atoms with Crippen molar-refractivity contribution in [3.63, 3.8) is 0 Å². The number of nitrogens with zero attached hydrogens (tertiary/aromatic N) is 7. The summed E-state index contributed by atoms with van der Waals surface area (Å²) in [5.41, 5.74) is 2.23. The van der Waals surface area contributed by atoms with Crippen molar-refractivity contribution < 1.29 is 0 Å².